The number of benzene rings is 1. The Labute approximate surface area is 108 Å². The third-order valence-electron chi connectivity index (χ3n) is 2.50. The highest BCUT2D eigenvalue weighted by molar-refractivity contribution is 6.33. The summed E-state index contributed by atoms with van der Waals surface area (Å²) in [5.74, 6) is -0.506. The molecule has 0 amide bonds. The van der Waals surface area contributed by atoms with Crippen molar-refractivity contribution in [3.63, 3.8) is 0 Å². The van der Waals surface area contributed by atoms with Crippen molar-refractivity contribution < 1.29 is 9.53 Å². The number of aromatic amines is 1. The predicted molar refractivity (Wildman–Crippen MR) is 68.8 cm³/mol. The van der Waals surface area contributed by atoms with Crippen LogP contribution in [0.5, 0.6) is 0 Å². The number of carbonyl (C=O) groups is 1. The number of halogens is 1. The van der Waals surface area contributed by atoms with Crippen molar-refractivity contribution >= 4 is 17.6 Å². The lowest BCUT2D eigenvalue weighted by molar-refractivity contribution is 0.0601. The number of hydrogen-bond acceptors (Lipinski definition) is 3. The lowest BCUT2D eigenvalue weighted by Gasteiger charge is -2.05. The first-order chi connectivity index (χ1) is 8.63. The van der Waals surface area contributed by atoms with E-state index in [0.717, 1.165) is 0 Å². The van der Waals surface area contributed by atoms with Crippen molar-refractivity contribution in [1.82, 2.24) is 4.98 Å². The summed E-state index contributed by atoms with van der Waals surface area (Å²) >= 11 is 5.99. The fourth-order valence-electron chi connectivity index (χ4n) is 1.61. The van der Waals surface area contributed by atoms with Gasteiger partial charge in [-0.1, -0.05) is 17.7 Å². The molecule has 1 aromatic heterocycles. The Kier molecular flexibility index (Phi) is 3.48. The first-order valence-corrected chi connectivity index (χ1v) is 5.57. The number of carbonyl (C=O) groups excluding carboxylic acids is 1. The molecule has 0 aliphatic rings. The molecule has 0 bridgehead atoms. The Morgan fingerprint density at radius 3 is 2.72 bits per heavy atom. The smallest absolute Gasteiger partial charge is 0.339 e. The van der Waals surface area contributed by atoms with Crippen LogP contribution in [0.4, 0.5) is 0 Å². The molecule has 0 saturated carbocycles. The molecule has 1 heterocycles. The normalized spacial score (nSPS) is 10.1. The van der Waals surface area contributed by atoms with Gasteiger partial charge in [-0.2, -0.15) is 0 Å². The van der Waals surface area contributed by atoms with E-state index >= 15 is 0 Å². The van der Waals surface area contributed by atoms with Gasteiger partial charge in [0.1, 0.15) is 0 Å². The summed E-state index contributed by atoms with van der Waals surface area (Å²) in [5, 5.41) is 0.252. The SMILES string of the molecule is COC(=O)c1ccc(-c2ccc[nH]c2=O)cc1Cl. The summed E-state index contributed by atoms with van der Waals surface area (Å²) in [5.41, 5.74) is 1.21. The number of esters is 1. The summed E-state index contributed by atoms with van der Waals surface area (Å²) in [6.07, 6.45) is 1.55. The van der Waals surface area contributed by atoms with Crippen LogP contribution in [0.2, 0.25) is 5.02 Å². The van der Waals surface area contributed by atoms with Crippen molar-refractivity contribution in [3.05, 3.63) is 57.5 Å². The molecule has 92 valence electrons. The van der Waals surface area contributed by atoms with E-state index in [1.807, 2.05) is 0 Å². The maximum absolute atomic E-state index is 11.6. The van der Waals surface area contributed by atoms with E-state index in [1.165, 1.54) is 13.2 Å². The molecule has 2 rings (SSSR count). The maximum Gasteiger partial charge on any atom is 0.339 e. The van der Waals surface area contributed by atoms with Gasteiger partial charge in [0.2, 0.25) is 0 Å². The van der Waals surface area contributed by atoms with E-state index < -0.39 is 5.97 Å². The number of aromatic nitrogens is 1. The average Bonchev–Trinajstić information content (AvgIpc) is 2.38. The van der Waals surface area contributed by atoms with Crippen molar-refractivity contribution in [2.75, 3.05) is 7.11 Å². The molecule has 5 heteroatoms. The highest BCUT2D eigenvalue weighted by Crippen LogP contribution is 2.24. The zero-order valence-corrected chi connectivity index (χ0v) is 10.3. The summed E-state index contributed by atoms with van der Waals surface area (Å²) in [6, 6.07) is 8.16. The largest absolute Gasteiger partial charge is 0.465 e. The predicted octanol–water partition coefficient (Wildman–Crippen LogP) is 2.48. The van der Waals surface area contributed by atoms with Crippen LogP contribution in [0.25, 0.3) is 11.1 Å². The highest BCUT2D eigenvalue weighted by atomic mass is 35.5. The maximum atomic E-state index is 11.6. The number of rotatable bonds is 2. The van der Waals surface area contributed by atoms with Gasteiger partial charge in [-0.25, -0.2) is 4.79 Å². The first-order valence-electron chi connectivity index (χ1n) is 5.19. The third-order valence-corrected chi connectivity index (χ3v) is 2.82. The van der Waals surface area contributed by atoms with Gasteiger partial charge in [0.05, 0.1) is 17.7 Å². The molecule has 0 spiro atoms. The van der Waals surface area contributed by atoms with Gasteiger partial charge < -0.3 is 9.72 Å². The van der Waals surface area contributed by atoms with Crippen LogP contribution < -0.4 is 5.56 Å². The number of pyridine rings is 1. The Morgan fingerprint density at radius 1 is 1.33 bits per heavy atom. The second-order valence-electron chi connectivity index (χ2n) is 3.60. The molecule has 1 aromatic carbocycles. The summed E-state index contributed by atoms with van der Waals surface area (Å²) in [6.45, 7) is 0. The van der Waals surface area contributed by atoms with Crippen molar-refractivity contribution in [2.45, 2.75) is 0 Å². The van der Waals surface area contributed by atoms with Crippen molar-refractivity contribution in [1.29, 1.82) is 0 Å². The van der Waals surface area contributed by atoms with Crippen molar-refractivity contribution in [3.8, 4) is 11.1 Å². The van der Waals surface area contributed by atoms with Crippen LogP contribution in [0.1, 0.15) is 10.4 Å². The number of H-pyrrole nitrogens is 1. The Morgan fingerprint density at radius 2 is 2.11 bits per heavy atom. The molecule has 0 aliphatic heterocycles. The molecular weight excluding hydrogens is 254 g/mol. The molecule has 0 radical (unpaired) electrons. The molecule has 0 atom stereocenters. The molecule has 4 nitrogen and oxygen atoms in total. The van der Waals surface area contributed by atoms with E-state index in [9.17, 15) is 9.59 Å². The minimum atomic E-state index is -0.506. The zero-order chi connectivity index (χ0) is 13.1. The van der Waals surface area contributed by atoms with Crippen LogP contribution >= 0.6 is 11.6 Å². The zero-order valence-electron chi connectivity index (χ0n) is 9.57. The van der Waals surface area contributed by atoms with E-state index in [2.05, 4.69) is 9.72 Å². The lowest BCUT2D eigenvalue weighted by atomic mass is 10.1. The molecule has 0 fully saturated rings. The average molecular weight is 264 g/mol. The highest BCUT2D eigenvalue weighted by Gasteiger charge is 2.12. The Hall–Kier alpha value is -2.07. The fraction of sp³-hybridized carbons (Fsp3) is 0.0769. The van der Waals surface area contributed by atoms with Crippen LogP contribution in [0.3, 0.4) is 0 Å². The second-order valence-corrected chi connectivity index (χ2v) is 4.01. The van der Waals surface area contributed by atoms with Crippen LogP contribution in [0, 0.1) is 0 Å². The van der Waals surface area contributed by atoms with E-state index in [4.69, 9.17) is 11.6 Å². The Bertz CT molecular complexity index is 649. The lowest BCUT2D eigenvalue weighted by Crippen LogP contribution is -2.07. The van der Waals surface area contributed by atoms with Gasteiger partial charge >= 0.3 is 5.97 Å². The summed E-state index contributed by atoms with van der Waals surface area (Å²) in [4.78, 5) is 25.6. The van der Waals surface area contributed by atoms with Gasteiger partial charge in [-0.15, -0.1) is 0 Å². The molecule has 0 unspecified atom stereocenters. The summed E-state index contributed by atoms with van der Waals surface area (Å²) in [7, 11) is 1.29. The van der Waals surface area contributed by atoms with Crippen LogP contribution in [-0.2, 0) is 4.74 Å². The standard InChI is InChI=1S/C13H10ClNO3/c1-18-13(17)10-5-4-8(7-11(10)14)9-3-2-6-15-12(9)16/h2-7H,1H3,(H,15,16). The Balaban J connectivity index is 2.50. The van der Waals surface area contributed by atoms with Crippen LogP contribution in [0.15, 0.2) is 41.3 Å². The van der Waals surface area contributed by atoms with E-state index in [0.29, 0.717) is 11.1 Å². The molecular formula is C13H10ClNO3. The van der Waals surface area contributed by atoms with Gasteiger partial charge in [0.25, 0.3) is 5.56 Å². The number of nitrogens with one attached hydrogen (secondary N) is 1. The molecule has 0 saturated heterocycles. The fourth-order valence-corrected chi connectivity index (χ4v) is 1.86. The van der Waals surface area contributed by atoms with E-state index in [1.54, 1.807) is 30.5 Å². The minimum Gasteiger partial charge on any atom is -0.465 e. The molecule has 1 N–H and O–H groups in total. The second kappa shape index (κ2) is 5.06. The van der Waals surface area contributed by atoms with Crippen LogP contribution in [-0.4, -0.2) is 18.1 Å². The third kappa shape index (κ3) is 2.28. The van der Waals surface area contributed by atoms with Gasteiger partial charge in [0, 0.05) is 11.8 Å². The number of methoxy groups -OCH3 is 1. The topological polar surface area (TPSA) is 59.2 Å². The molecule has 2 aromatic rings. The van der Waals surface area contributed by atoms with Gasteiger partial charge in [0.15, 0.2) is 0 Å². The van der Waals surface area contributed by atoms with Gasteiger partial charge in [-0.05, 0) is 29.8 Å². The summed E-state index contributed by atoms with van der Waals surface area (Å²) < 4.78 is 4.60. The van der Waals surface area contributed by atoms with Gasteiger partial charge in [-0.3, -0.25) is 4.79 Å². The first kappa shape index (κ1) is 12.4. The molecule has 0 aliphatic carbocycles. The minimum absolute atomic E-state index is 0.209. The molecule has 18 heavy (non-hydrogen) atoms. The number of hydrogen-bond donors (Lipinski definition) is 1. The quantitative estimate of drug-likeness (QED) is 0.847. The van der Waals surface area contributed by atoms with Crippen molar-refractivity contribution in [2.24, 2.45) is 0 Å². The monoisotopic (exact) mass is 263 g/mol. The number of ether oxygens (including phenoxy) is 1. The van der Waals surface area contributed by atoms with E-state index in [-0.39, 0.29) is 16.1 Å².